The Balaban J connectivity index is 1.09. The molecule has 330 valence electrons. The quantitative estimate of drug-likeness (QED) is 0.154. The van der Waals surface area contributed by atoms with Crippen molar-refractivity contribution in [2.24, 2.45) is 0 Å². The summed E-state index contributed by atoms with van der Waals surface area (Å²) in [5.41, 5.74) is 24.9. The number of benzene rings is 8. The second kappa shape index (κ2) is 12.4. The van der Waals surface area contributed by atoms with E-state index in [2.05, 4.69) is 205 Å². The van der Waals surface area contributed by atoms with Gasteiger partial charge in [0.05, 0.1) is 11.0 Å². The average Bonchev–Trinajstić information content (AvgIpc) is 4.03. The Labute approximate surface area is 397 Å². The van der Waals surface area contributed by atoms with Gasteiger partial charge in [0.2, 0.25) is 0 Å². The minimum Gasteiger partial charge on any atom is -0.456 e. The molecule has 5 heterocycles. The number of rotatable bonds is 1. The van der Waals surface area contributed by atoms with Crippen LogP contribution in [0.25, 0.3) is 93.6 Å². The molecule has 3 aromatic heterocycles. The van der Waals surface area contributed by atoms with E-state index >= 15 is 0 Å². The molecule has 8 aromatic carbocycles. The maximum absolute atomic E-state index is 6.74. The van der Waals surface area contributed by atoms with Gasteiger partial charge in [-0.1, -0.05) is 135 Å². The Bertz CT molecular complexity index is 4110. The Hall–Kier alpha value is -6.98. The predicted molar refractivity (Wildman–Crippen MR) is 286 cm³/mol. The fourth-order valence-electron chi connectivity index (χ4n) is 13.5. The summed E-state index contributed by atoms with van der Waals surface area (Å²) in [6.07, 6.45) is 2.39. The highest BCUT2D eigenvalue weighted by Crippen LogP contribution is 2.58. The molecular formula is C63H53BN2O2. The Morgan fingerprint density at radius 1 is 0.485 bits per heavy atom. The predicted octanol–water partition coefficient (Wildman–Crippen LogP) is 15.8. The minimum absolute atomic E-state index is 0.0207. The first-order valence-corrected chi connectivity index (χ1v) is 24.7. The zero-order valence-electron chi connectivity index (χ0n) is 40.4. The topological polar surface area (TPSA) is 34.5 Å². The van der Waals surface area contributed by atoms with Crippen LogP contribution >= 0.6 is 0 Å². The van der Waals surface area contributed by atoms with Gasteiger partial charge >= 0.3 is 6.85 Å². The van der Waals surface area contributed by atoms with Crippen molar-refractivity contribution in [1.82, 2.24) is 4.57 Å². The molecule has 0 spiro atoms. The molecule has 5 heteroatoms. The van der Waals surface area contributed by atoms with Crippen molar-refractivity contribution in [3.63, 3.8) is 0 Å². The molecule has 0 saturated carbocycles. The van der Waals surface area contributed by atoms with Gasteiger partial charge < -0.3 is 18.2 Å². The van der Waals surface area contributed by atoms with Crippen LogP contribution in [-0.4, -0.2) is 11.4 Å². The largest absolute Gasteiger partial charge is 0.456 e. The second-order valence-corrected chi connectivity index (χ2v) is 23.5. The van der Waals surface area contributed by atoms with Crippen molar-refractivity contribution in [2.45, 2.75) is 96.8 Å². The van der Waals surface area contributed by atoms with E-state index in [1.54, 1.807) is 0 Å². The zero-order chi connectivity index (χ0) is 46.1. The molecule has 0 radical (unpaired) electrons. The van der Waals surface area contributed by atoms with E-state index in [4.69, 9.17) is 8.83 Å². The molecular weight excluding hydrogens is 828 g/mol. The number of fused-ring (bicyclic) bond motifs is 18. The summed E-state index contributed by atoms with van der Waals surface area (Å²) in [7, 11) is 0. The van der Waals surface area contributed by atoms with Crippen LogP contribution < -0.4 is 15.7 Å². The lowest BCUT2D eigenvalue weighted by molar-refractivity contribution is 0.331. The molecule has 0 unspecified atom stereocenters. The summed E-state index contributed by atoms with van der Waals surface area (Å²) >= 11 is 0. The van der Waals surface area contributed by atoms with Crippen molar-refractivity contribution in [3.8, 4) is 27.9 Å². The SMILES string of the molecule is CC(C)(C)c1ccc(N2B3c4cc5c(cc4-n4c6cc7oc8ccccc8c7cc6c6ccc(c3c64)-c3cc4c(cc32)C(C)(C)c2cc3c(cc2-4)C(C)(C)CCC3(C)C)oc2ccccc25)cc1. The Kier molecular flexibility index (Phi) is 7.11. The van der Waals surface area contributed by atoms with E-state index in [1.165, 1.54) is 102 Å². The Morgan fingerprint density at radius 3 is 1.79 bits per heavy atom. The van der Waals surface area contributed by atoms with Crippen LogP contribution in [0.5, 0.6) is 0 Å². The maximum atomic E-state index is 6.74. The van der Waals surface area contributed by atoms with Crippen molar-refractivity contribution in [2.75, 3.05) is 4.81 Å². The molecule has 2 aliphatic heterocycles. The van der Waals surface area contributed by atoms with Crippen LogP contribution in [0.1, 0.15) is 103 Å². The lowest BCUT2D eigenvalue weighted by atomic mass is 9.44. The van der Waals surface area contributed by atoms with Crippen LogP contribution in [0.15, 0.2) is 142 Å². The number of furan rings is 2. The highest BCUT2D eigenvalue weighted by Gasteiger charge is 2.48. The molecule has 0 atom stereocenters. The maximum Gasteiger partial charge on any atom is 0.333 e. The fraction of sp³-hybridized carbons (Fsp3) is 0.238. The first-order chi connectivity index (χ1) is 32.6. The highest BCUT2D eigenvalue weighted by molar-refractivity contribution is 6.94. The van der Waals surface area contributed by atoms with Crippen molar-refractivity contribution in [3.05, 3.63) is 161 Å². The third kappa shape index (κ3) is 4.82. The second-order valence-electron chi connectivity index (χ2n) is 23.5. The van der Waals surface area contributed by atoms with Crippen molar-refractivity contribution in [1.29, 1.82) is 0 Å². The van der Waals surface area contributed by atoms with Crippen LogP contribution in [0.2, 0.25) is 0 Å². The first kappa shape index (κ1) is 39.1. The van der Waals surface area contributed by atoms with E-state index < -0.39 is 0 Å². The third-order valence-corrected chi connectivity index (χ3v) is 17.4. The molecule has 0 saturated heterocycles. The summed E-state index contributed by atoms with van der Waals surface area (Å²) in [4.78, 5) is 2.70. The van der Waals surface area contributed by atoms with Crippen LogP contribution in [-0.2, 0) is 21.7 Å². The van der Waals surface area contributed by atoms with E-state index in [0.29, 0.717) is 0 Å². The number of hydrogen-bond donors (Lipinski definition) is 0. The van der Waals surface area contributed by atoms with Gasteiger partial charge in [-0.15, -0.1) is 0 Å². The van der Waals surface area contributed by atoms with Gasteiger partial charge in [-0.3, -0.25) is 0 Å². The van der Waals surface area contributed by atoms with Gasteiger partial charge in [-0.05, 0) is 133 Å². The van der Waals surface area contributed by atoms with Crippen molar-refractivity contribution < 1.29 is 8.83 Å². The number of aromatic nitrogens is 1. The van der Waals surface area contributed by atoms with Gasteiger partial charge in [0, 0.05) is 72.5 Å². The van der Waals surface area contributed by atoms with E-state index in [9.17, 15) is 0 Å². The molecule has 0 N–H and O–H groups in total. The molecule has 15 rings (SSSR count). The lowest BCUT2D eigenvalue weighted by Gasteiger charge is -2.42. The third-order valence-electron chi connectivity index (χ3n) is 17.4. The molecule has 11 aromatic rings. The smallest absolute Gasteiger partial charge is 0.333 e. The normalized spacial score (nSPS) is 17.1. The number of anilines is 2. The standard InChI is InChI=1S/C63H53BN2O2/c1-60(2,3)34-18-20-35(21-19-34)66-52-31-47-40(41-28-48-49(30-46(41)63(47,8)9)62(6,7)25-24-61(48,4)5)26-42(52)38-22-23-39-43-27-44-36-14-10-12-16-54(36)67-56(44)32-51(43)65-53-33-57-45(37-15-11-13-17-55(37)68-57)29-50(53)64(66)58(38)59(39)65/h10-23,26-33H,24-25H2,1-9H3. The molecule has 4 nitrogen and oxygen atoms in total. The first-order valence-electron chi connectivity index (χ1n) is 24.7. The van der Waals surface area contributed by atoms with Crippen LogP contribution in [0.3, 0.4) is 0 Å². The molecule has 4 aliphatic rings. The summed E-state index contributed by atoms with van der Waals surface area (Å²) in [5.74, 6) is 0. The summed E-state index contributed by atoms with van der Waals surface area (Å²) in [6, 6.07) is 51.2. The summed E-state index contributed by atoms with van der Waals surface area (Å²) in [5, 5.41) is 7.04. The highest BCUT2D eigenvalue weighted by atomic mass is 16.3. The van der Waals surface area contributed by atoms with Crippen LogP contribution in [0, 0.1) is 0 Å². The fourth-order valence-corrected chi connectivity index (χ4v) is 13.5. The van der Waals surface area contributed by atoms with Gasteiger partial charge in [0.1, 0.15) is 22.3 Å². The number of hydrogen-bond acceptors (Lipinski definition) is 3. The van der Waals surface area contributed by atoms with Gasteiger partial charge in [-0.25, -0.2) is 0 Å². The van der Waals surface area contributed by atoms with E-state index in [1.807, 2.05) is 0 Å². The van der Waals surface area contributed by atoms with Crippen LogP contribution in [0.4, 0.5) is 11.4 Å². The Morgan fingerprint density at radius 2 is 1.10 bits per heavy atom. The molecule has 0 bridgehead atoms. The van der Waals surface area contributed by atoms with E-state index in [0.717, 1.165) is 55.1 Å². The zero-order valence-corrected chi connectivity index (χ0v) is 40.4. The molecule has 2 aliphatic carbocycles. The number of para-hydroxylation sites is 2. The number of nitrogens with zero attached hydrogens (tertiary/aromatic N) is 2. The molecule has 0 amide bonds. The average molecular weight is 881 g/mol. The van der Waals surface area contributed by atoms with Gasteiger partial charge in [-0.2, -0.15) is 0 Å². The van der Waals surface area contributed by atoms with Crippen molar-refractivity contribution >= 4 is 94.8 Å². The monoisotopic (exact) mass is 880 g/mol. The minimum atomic E-state index is -0.196. The summed E-state index contributed by atoms with van der Waals surface area (Å²) < 4.78 is 15.9. The lowest BCUT2D eigenvalue weighted by Crippen LogP contribution is -2.60. The molecule has 0 fully saturated rings. The van der Waals surface area contributed by atoms with E-state index in [-0.39, 0.29) is 28.5 Å². The van der Waals surface area contributed by atoms with Gasteiger partial charge in [0.25, 0.3) is 0 Å². The summed E-state index contributed by atoms with van der Waals surface area (Å²) in [6.45, 7) is 21.6. The van der Waals surface area contributed by atoms with Gasteiger partial charge in [0.15, 0.2) is 0 Å². The molecule has 68 heavy (non-hydrogen) atoms.